The largest absolute Gasteiger partial charge is 0.493 e. The molecule has 1 aliphatic heterocycles. The van der Waals surface area contributed by atoms with Crippen molar-refractivity contribution >= 4 is 5.91 Å². The number of carbonyl (C=O) groups excluding carboxylic acids is 1. The van der Waals surface area contributed by atoms with Crippen LogP contribution in [-0.2, 0) is 17.8 Å². The van der Waals surface area contributed by atoms with Gasteiger partial charge < -0.3 is 14.2 Å². The van der Waals surface area contributed by atoms with E-state index in [4.69, 9.17) is 9.26 Å². The Labute approximate surface area is 157 Å². The van der Waals surface area contributed by atoms with Crippen molar-refractivity contribution in [3.8, 4) is 17.0 Å². The lowest BCUT2D eigenvalue weighted by molar-refractivity contribution is -0.135. The summed E-state index contributed by atoms with van der Waals surface area (Å²) in [5, 5.41) is 4.08. The molecular weight excluding hydrogens is 342 g/mol. The minimum absolute atomic E-state index is 0.0923. The molecule has 138 valence electrons. The maximum Gasteiger partial charge on any atom is 0.226 e. The van der Waals surface area contributed by atoms with E-state index in [1.165, 1.54) is 0 Å². The number of pyridine rings is 1. The van der Waals surface area contributed by atoms with Crippen molar-refractivity contribution in [1.82, 2.24) is 15.0 Å². The number of rotatable bonds is 4. The molecule has 0 fully saturated rings. The quantitative estimate of drug-likeness (QED) is 0.711. The van der Waals surface area contributed by atoms with Gasteiger partial charge >= 0.3 is 0 Å². The van der Waals surface area contributed by atoms with Gasteiger partial charge in [0.2, 0.25) is 5.91 Å². The van der Waals surface area contributed by atoms with Gasteiger partial charge in [0.1, 0.15) is 11.4 Å². The summed E-state index contributed by atoms with van der Waals surface area (Å²) in [6.45, 7) is 0.930. The highest BCUT2D eigenvalue weighted by Gasteiger charge is 2.26. The molecule has 27 heavy (non-hydrogen) atoms. The molecule has 0 aliphatic carbocycles. The predicted octanol–water partition coefficient (Wildman–Crippen LogP) is 3.34. The Morgan fingerprint density at radius 1 is 1.26 bits per heavy atom. The third-order valence-electron chi connectivity index (χ3n) is 4.80. The van der Waals surface area contributed by atoms with Crippen LogP contribution in [-0.4, -0.2) is 34.6 Å². The molecule has 0 radical (unpaired) electrons. The minimum Gasteiger partial charge on any atom is -0.493 e. The van der Waals surface area contributed by atoms with Crippen LogP contribution in [0.2, 0.25) is 0 Å². The summed E-state index contributed by atoms with van der Waals surface area (Å²) in [6.07, 6.45) is 4.84. The van der Waals surface area contributed by atoms with Crippen LogP contribution in [0, 0.1) is 5.92 Å². The van der Waals surface area contributed by atoms with E-state index >= 15 is 0 Å². The highest BCUT2D eigenvalue weighted by Crippen LogP contribution is 2.28. The molecule has 6 nitrogen and oxygen atoms in total. The van der Waals surface area contributed by atoms with Gasteiger partial charge in [-0.1, -0.05) is 23.4 Å². The van der Waals surface area contributed by atoms with E-state index in [1.54, 1.807) is 24.3 Å². The van der Waals surface area contributed by atoms with Crippen molar-refractivity contribution in [3.63, 3.8) is 0 Å². The van der Waals surface area contributed by atoms with Crippen LogP contribution >= 0.6 is 0 Å². The summed E-state index contributed by atoms with van der Waals surface area (Å²) < 4.78 is 11.2. The van der Waals surface area contributed by atoms with E-state index in [2.05, 4.69) is 10.1 Å². The number of para-hydroxylation sites is 1. The number of aromatic nitrogens is 2. The Balaban J connectivity index is 1.43. The number of benzene rings is 1. The average molecular weight is 363 g/mol. The van der Waals surface area contributed by atoms with Gasteiger partial charge in [0.05, 0.1) is 13.2 Å². The molecular formula is C21H21N3O3. The second kappa shape index (κ2) is 7.61. The fraction of sp³-hybridized carbons (Fsp3) is 0.286. The van der Waals surface area contributed by atoms with Crippen LogP contribution in [0.15, 0.2) is 59.4 Å². The zero-order valence-corrected chi connectivity index (χ0v) is 15.2. The lowest BCUT2D eigenvalue weighted by Gasteiger charge is -2.21. The molecule has 6 heteroatoms. The lowest BCUT2D eigenvalue weighted by Crippen LogP contribution is -2.33. The van der Waals surface area contributed by atoms with Crippen LogP contribution in [0.4, 0.5) is 0 Å². The Morgan fingerprint density at radius 3 is 3.00 bits per heavy atom. The van der Waals surface area contributed by atoms with E-state index in [1.807, 2.05) is 42.5 Å². The molecule has 1 amide bonds. The molecule has 0 N–H and O–H groups in total. The Kier molecular flexibility index (Phi) is 4.87. The van der Waals surface area contributed by atoms with Crippen molar-refractivity contribution in [2.45, 2.75) is 19.4 Å². The molecule has 1 atom stereocenters. The zero-order chi connectivity index (χ0) is 18.6. The van der Waals surface area contributed by atoms with E-state index < -0.39 is 0 Å². The van der Waals surface area contributed by atoms with Crippen LogP contribution in [0.3, 0.4) is 0 Å². The normalized spacial score (nSPS) is 16.1. The monoisotopic (exact) mass is 363 g/mol. The number of fused-ring (bicyclic) bond motifs is 1. The number of hydrogen-bond acceptors (Lipinski definition) is 5. The molecule has 3 aromatic rings. The molecule has 0 bridgehead atoms. The van der Waals surface area contributed by atoms with E-state index in [0.29, 0.717) is 31.8 Å². The summed E-state index contributed by atoms with van der Waals surface area (Å²) in [5.74, 6) is 1.52. The lowest BCUT2D eigenvalue weighted by atomic mass is 9.95. The first kappa shape index (κ1) is 17.3. The number of ether oxygens (including phenoxy) is 1. The van der Waals surface area contributed by atoms with Crippen LogP contribution in [0.25, 0.3) is 11.3 Å². The van der Waals surface area contributed by atoms with E-state index in [0.717, 1.165) is 22.6 Å². The summed E-state index contributed by atoms with van der Waals surface area (Å²) in [4.78, 5) is 18.7. The third kappa shape index (κ3) is 3.84. The van der Waals surface area contributed by atoms with Gasteiger partial charge in [-0.15, -0.1) is 0 Å². The standard InChI is InChI=1S/C21H21N3O3/c1-24(14-18-12-19(23-27-18)17-6-4-9-22-13-17)21(25)16-8-10-26-20-7-3-2-5-15(20)11-16/h2-7,9,12-13,16H,8,10-11,14H2,1H3. The molecule has 0 saturated carbocycles. The van der Waals surface area contributed by atoms with Crippen molar-refractivity contribution in [1.29, 1.82) is 0 Å². The van der Waals surface area contributed by atoms with Gasteiger partial charge in [-0.3, -0.25) is 9.78 Å². The third-order valence-corrected chi connectivity index (χ3v) is 4.80. The predicted molar refractivity (Wildman–Crippen MR) is 100.0 cm³/mol. The van der Waals surface area contributed by atoms with Gasteiger partial charge in [0, 0.05) is 37.0 Å². The van der Waals surface area contributed by atoms with Gasteiger partial charge in [0.15, 0.2) is 5.76 Å². The van der Waals surface area contributed by atoms with Crippen molar-refractivity contribution in [3.05, 3.63) is 66.2 Å². The van der Waals surface area contributed by atoms with Gasteiger partial charge in [-0.25, -0.2) is 0 Å². The summed E-state index contributed by atoms with van der Waals surface area (Å²) in [7, 11) is 1.80. The van der Waals surface area contributed by atoms with E-state index in [9.17, 15) is 4.79 Å². The number of nitrogens with zero attached hydrogens (tertiary/aromatic N) is 3. The van der Waals surface area contributed by atoms with Crippen LogP contribution < -0.4 is 4.74 Å². The molecule has 1 aliphatic rings. The Morgan fingerprint density at radius 2 is 2.15 bits per heavy atom. The number of amides is 1. The first-order valence-electron chi connectivity index (χ1n) is 9.02. The molecule has 0 spiro atoms. The SMILES string of the molecule is CN(Cc1cc(-c2cccnc2)no1)C(=O)C1CCOc2ccccc2C1. The molecule has 1 aromatic carbocycles. The number of hydrogen-bond donors (Lipinski definition) is 0. The van der Waals surface area contributed by atoms with E-state index in [-0.39, 0.29) is 11.8 Å². The summed E-state index contributed by atoms with van der Waals surface area (Å²) in [6, 6.07) is 13.5. The van der Waals surface area contributed by atoms with Crippen LogP contribution in [0.1, 0.15) is 17.7 Å². The highest BCUT2D eigenvalue weighted by molar-refractivity contribution is 5.79. The summed E-state index contributed by atoms with van der Waals surface area (Å²) in [5.41, 5.74) is 2.69. The molecule has 2 aromatic heterocycles. The first-order chi connectivity index (χ1) is 13.2. The van der Waals surface area contributed by atoms with Crippen molar-refractivity contribution in [2.24, 2.45) is 5.92 Å². The minimum atomic E-state index is -0.0978. The Hall–Kier alpha value is -3.15. The fourth-order valence-corrected chi connectivity index (χ4v) is 3.36. The molecule has 0 saturated heterocycles. The maximum absolute atomic E-state index is 12.9. The molecule has 3 heterocycles. The van der Waals surface area contributed by atoms with Crippen LogP contribution in [0.5, 0.6) is 5.75 Å². The zero-order valence-electron chi connectivity index (χ0n) is 15.2. The molecule has 4 rings (SSSR count). The number of carbonyl (C=O) groups is 1. The van der Waals surface area contributed by atoms with Crippen molar-refractivity contribution in [2.75, 3.05) is 13.7 Å². The second-order valence-electron chi connectivity index (χ2n) is 6.76. The van der Waals surface area contributed by atoms with Gasteiger partial charge in [-0.05, 0) is 36.6 Å². The van der Waals surface area contributed by atoms with Gasteiger partial charge in [0.25, 0.3) is 0 Å². The summed E-state index contributed by atoms with van der Waals surface area (Å²) >= 11 is 0. The molecule has 1 unspecified atom stereocenters. The van der Waals surface area contributed by atoms with Gasteiger partial charge in [-0.2, -0.15) is 0 Å². The first-order valence-corrected chi connectivity index (χ1v) is 9.02. The highest BCUT2D eigenvalue weighted by atomic mass is 16.5. The second-order valence-corrected chi connectivity index (χ2v) is 6.76. The topological polar surface area (TPSA) is 68.5 Å². The average Bonchev–Trinajstić information content (AvgIpc) is 3.05. The Bertz CT molecular complexity index is 923. The smallest absolute Gasteiger partial charge is 0.226 e. The maximum atomic E-state index is 12.9. The fourth-order valence-electron chi connectivity index (χ4n) is 3.36. The van der Waals surface area contributed by atoms with Crippen molar-refractivity contribution < 1.29 is 14.1 Å².